The third kappa shape index (κ3) is 5.01. The van der Waals surface area contributed by atoms with E-state index < -0.39 is 0 Å². The molecule has 3 atom stereocenters. The molecular formula is C31H38BrN5O2. The smallest absolute Gasteiger partial charge is 0.254 e. The van der Waals surface area contributed by atoms with Crippen molar-refractivity contribution in [2.75, 3.05) is 39.3 Å². The van der Waals surface area contributed by atoms with Crippen LogP contribution in [-0.2, 0) is 11.2 Å². The molecule has 0 N–H and O–H groups in total. The molecule has 4 heterocycles. The topological polar surface area (TPSA) is 61.8 Å². The number of hydrogen-bond donors (Lipinski definition) is 0. The first-order valence-corrected chi connectivity index (χ1v) is 15.1. The third-order valence-electron chi connectivity index (χ3n) is 9.25. The second-order valence-electron chi connectivity index (χ2n) is 11.5. The lowest BCUT2D eigenvalue weighted by Gasteiger charge is -2.53. The van der Waals surface area contributed by atoms with E-state index in [-0.39, 0.29) is 17.6 Å². The van der Waals surface area contributed by atoms with E-state index in [1.807, 2.05) is 23.1 Å². The quantitative estimate of drug-likeness (QED) is 0.411. The largest absolute Gasteiger partial charge is 0.376 e. The summed E-state index contributed by atoms with van der Waals surface area (Å²) >= 11 is 3.66. The predicted molar refractivity (Wildman–Crippen MR) is 157 cm³/mol. The maximum absolute atomic E-state index is 13.5. The molecule has 2 aromatic heterocycles. The lowest BCUT2D eigenvalue weighted by molar-refractivity contribution is -0.0630. The number of aromatic nitrogens is 2. The summed E-state index contributed by atoms with van der Waals surface area (Å²) in [7, 11) is 0. The molecule has 1 unspecified atom stereocenters. The number of rotatable bonds is 5. The summed E-state index contributed by atoms with van der Waals surface area (Å²) in [6.07, 6.45) is 6.55. The molecule has 1 aliphatic carbocycles. The molecule has 1 amide bonds. The number of carbonyl (C=O) groups excluding carboxylic acids is 1. The van der Waals surface area contributed by atoms with Gasteiger partial charge in [0, 0.05) is 79.6 Å². The van der Waals surface area contributed by atoms with Gasteiger partial charge in [0.2, 0.25) is 0 Å². The Labute approximate surface area is 239 Å². The van der Waals surface area contributed by atoms with Crippen molar-refractivity contribution in [3.05, 3.63) is 70.0 Å². The van der Waals surface area contributed by atoms with E-state index in [0.29, 0.717) is 23.3 Å². The highest BCUT2D eigenvalue weighted by molar-refractivity contribution is 9.10. The number of halogens is 1. The van der Waals surface area contributed by atoms with Crippen LogP contribution in [0.1, 0.15) is 61.1 Å². The molecule has 2 aliphatic heterocycles. The molecule has 1 aromatic carbocycles. The Hall–Kier alpha value is -2.39. The Balaban J connectivity index is 1.12. The summed E-state index contributed by atoms with van der Waals surface area (Å²) in [5.74, 6) is 0.0872. The van der Waals surface area contributed by atoms with Crippen LogP contribution < -0.4 is 0 Å². The number of ether oxygens (including phenoxy) is 1. The molecule has 2 fully saturated rings. The van der Waals surface area contributed by atoms with Crippen molar-refractivity contribution >= 4 is 32.9 Å². The molecule has 0 bridgehead atoms. The molecule has 0 saturated carbocycles. The molecule has 3 aromatic rings. The summed E-state index contributed by atoms with van der Waals surface area (Å²) in [5.41, 5.74) is 4.25. The van der Waals surface area contributed by atoms with Gasteiger partial charge in [0.15, 0.2) is 5.65 Å². The maximum atomic E-state index is 13.5. The molecule has 39 heavy (non-hydrogen) atoms. The lowest BCUT2D eigenvalue weighted by atomic mass is 9.86. The Morgan fingerprint density at radius 2 is 1.90 bits per heavy atom. The fourth-order valence-corrected chi connectivity index (χ4v) is 7.46. The summed E-state index contributed by atoms with van der Waals surface area (Å²) in [6, 6.07) is 13.1. The van der Waals surface area contributed by atoms with Crippen LogP contribution in [0.3, 0.4) is 0 Å². The molecular weight excluding hydrogens is 554 g/mol. The standard InChI is InChI=1S/C31H38BrN5O2/c1-4-39-27-19-22-18-23(32)7-8-24(22)28(27)37-17-16-36(20-21(37)2)31(3)10-14-35(15-11-31)30(38)26-9-13-34-29-25(26)6-5-12-33-29/h5-9,12-13,18,21,27-28H,4,10-11,14-17,19-20H2,1-3H3/t21-,27+,28?/m0/s1. The van der Waals surface area contributed by atoms with E-state index in [0.717, 1.165) is 68.5 Å². The minimum Gasteiger partial charge on any atom is -0.376 e. The molecule has 2 saturated heterocycles. The van der Waals surface area contributed by atoms with E-state index in [9.17, 15) is 4.79 Å². The van der Waals surface area contributed by atoms with E-state index >= 15 is 0 Å². The fraction of sp³-hybridized carbons (Fsp3) is 0.516. The van der Waals surface area contributed by atoms with Crippen LogP contribution in [-0.4, -0.2) is 87.6 Å². The minimum absolute atomic E-state index is 0.0872. The van der Waals surface area contributed by atoms with Crippen molar-refractivity contribution in [1.29, 1.82) is 0 Å². The van der Waals surface area contributed by atoms with Crippen LogP contribution in [0, 0.1) is 0 Å². The van der Waals surface area contributed by atoms with Gasteiger partial charge in [0.05, 0.1) is 17.7 Å². The second-order valence-corrected chi connectivity index (χ2v) is 12.5. The zero-order valence-electron chi connectivity index (χ0n) is 23.1. The molecule has 0 spiro atoms. The Kier molecular flexibility index (Phi) is 7.48. The molecule has 8 heteroatoms. The number of piperazine rings is 1. The van der Waals surface area contributed by atoms with Gasteiger partial charge >= 0.3 is 0 Å². The maximum Gasteiger partial charge on any atom is 0.254 e. The van der Waals surface area contributed by atoms with Crippen LogP contribution in [0.25, 0.3) is 11.0 Å². The molecule has 6 rings (SSSR count). The van der Waals surface area contributed by atoms with Gasteiger partial charge < -0.3 is 9.64 Å². The van der Waals surface area contributed by atoms with Crippen LogP contribution in [0.4, 0.5) is 0 Å². The highest BCUT2D eigenvalue weighted by Crippen LogP contribution is 2.42. The number of benzene rings is 1. The van der Waals surface area contributed by atoms with Crippen molar-refractivity contribution in [3.8, 4) is 0 Å². The first-order valence-electron chi connectivity index (χ1n) is 14.3. The number of fused-ring (bicyclic) bond motifs is 2. The number of pyridine rings is 2. The number of likely N-dealkylation sites (tertiary alicyclic amines) is 1. The van der Waals surface area contributed by atoms with Crippen molar-refractivity contribution < 1.29 is 9.53 Å². The number of nitrogens with zero attached hydrogens (tertiary/aromatic N) is 5. The lowest BCUT2D eigenvalue weighted by Crippen LogP contribution is -2.62. The summed E-state index contributed by atoms with van der Waals surface area (Å²) < 4.78 is 7.42. The SMILES string of the molecule is CCO[C@@H]1Cc2cc(Br)ccc2C1N1CCN(C2(C)CCN(C(=O)c3ccnc4ncccc34)CC2)C[C@@H]1C. The Morgan fingerprint density at radius 1 is 1.10 bits per heavy atom. The summed E-state index contributed by atoms with van der Waals surface area (Å²) in [4.78, 5) is 29.5. The fourth-order valence-electron chi connectivity index (χ4n) is 7.05. The van der Waals surface area contributed by atoms with Gasteiger partial charge in [-0.15, -0.1) is 0 Å². The minimum atomic E-state index is 0.0872. The Morgan fingerprint density at radius 3 is 2.67 bits per heavy atom. The van der Waals surface area contributed by atoms with Crippen LogP contribution in [0.5, 0.6) is 0 Å². The van der Waals surface area contributed by atoms with E-state index in [1.165, 1.54) is 11.1 Å². The normalized spacial score (nSPS) is 25.6. The van der Waals surface area contributed by atoms with Gasteiger partial charge in [-0.3, -0.25) is 14.6 Å². The van der Waals surface area contributed by atoms with Crippen molar-refractivity contribution in [2.24, 2.45) is 0 Å². The number of hydrogen-bond acceptors (Lipinski definition) is 6. The van der Waals surface area contributed by atoms with Crippen LogP contribution in [0.2, 0.25) is 0 Å². The summed E-state index contributed by atoms with van der Waals surface area (Å²) in [6.45, 7) is 12.2. The molecule has 3 aliphatic rings. The van der Waals surface area contributed by atoms with Crippen LogP contribution in [0.15, 0.2) is 53.3 Å². The van der Waals surface area contributed by atoms with E-state index in [2.05, 4.69) is 74.7 Å². The van der Waals surface area contributed by atoms with E-state index in [1.54, 1.807) is 12.4 Å². The molecule has 0 radical (unpaired) electrons. The van der Waals surface area contributed by atoms with Gasteiger partial charge in [0.25, 0.3) is 5.91 Å². The Bertz CT molecular complexity index is 1350. The highest BCUT2D eigenvalue weighted by Gasteiger charge is 2.44. The zero-order valence-corrected chi connectivity index (χ0v) is 24.7. The number of amides is 1. The first kappa shape index (κ1) is 26.8. The van der Waals surface area contributed by atoms with Crippen molar-refractivity contribution in [1.82, 2.24) is 24.7 Å². The second kappa shape index (κ2) is 10.9. The van der Waals surface area contributed by atoms with Crippen molar-refractivity contribution in [2.45, 2.75) is 63.8 Å². The van der Waals surface area contributed by atoms with Crippen molar-refractivity contribution in [3.63, 3.8) is 0 Å². The van der Waals surface area contributed by atoms with Gasteiger partial charge in [-0.05, 0) is 75.1 Å². The number of carbonyl (C=O) groups is 1. The number of piperidine rings is 1. The predicted octanol–water partition coefficient (Wildman–Crippen LogP) is 5.10. The average Bonchev–Trinajstić information content (AvgIpc) is 3.29. The monoisotopic (exact) mass is 591 g/mol. The van der Waals surface area contributed by atoms with Gasteiger partial charge in [0.1, 0.15) is 0 Å². The molecule has 206 valence electrons. The zero-order chi connectivity index (χ0) is 27.1. The third-order valence-corrected chi connectivity index (χ3v) is 9.74. The van der Waals surface area contributed by atoms with Gasteiger partial charge in [-0.2, -0.15) is 0 Å². The van der Waals surface area contributed by atoms with Gasteiger partial charge in [-0.1, -0.05) is 22.0 Å². The molecule has 7 nitrogen and oxygen atoms in total. The van der Waals surface area contributed by atoms with Crippen LogP contribution >= 0.6 is 15.9 Å². The van der Waals surface area contributed by atoms with Gasteiger partial charge in [-0.25, -0.2) is 9.97 Å². The first-order chi connectivity index (χ1) is 18.9. The summed E-state index contributed by atoms with van der Waals surface area (Å²) in [5, 5.41) is 0.828. The average molecular weight is 593 g/mol. The van der Waals surface area contributed by atoms with E-state index in [4.69, 9.17) is 4.74 Å². The highest BCUT2D eigenvalue weighted by atomic mass is 79.9.